The lowest BCUT2D eigenvalue weighted by Crippen LogP contribution is -2.29. The Balaban J connectivity index is 1.12. The molecule has 0 fully saturated rings. The molecule has 0 saturated carbocycles. The summed E-state index contributed by atoms with van der Waals surface area (Å²) >= 11 is 0. The minimum Gasteiger partial charge on any atom is -0.456 e. The first-order chi connectivity index (χ1) is 31.8. The number of para-hydroxylation sites is 2. The van der Waals surface area contributed by atoms with Gasteiger partial charge in [-0.05, 0) is 116 Å². The number of anilines is 3. The summed E-state index contributed by atoms with van der Waals surface area (Å²) < 4.78 is 7.06. The minimum atomic E-state index is -0.653. The van der Waals surface area contributed by atoms with Gasteiger partial charge in [0.15, 0.2) is 0 Å². The summed E-state index contributed by atoms with van der Waals surface area (Å²) in [6.07, 6.45) is 6.83. The van der Waals surface area contributed by atoms with E-state index >= 15 is 0 Å². The lowest BCUT2D eigenvalue weighted by atomic mass is 9.66. The molecule has 0 aliphatic heterocycles. The molecule has 300 valence electrons. The van der Waals surface area contributed by atoms with Crippen LogP contribution in [0.4, 0.5) is 17.1 Å². The van der Waals surface area contributed by atoms with Gasteiger partial charge in [-0.25, -0.2) is 0 Å². The van der Waals surface area contributed by atoms with Crippen LogP contribution in [-0.4, -0.2) is 0 Å². The molecule has 10 aromatic rings. The van der Waals surface area contributed by atoms with Crippen LogP contribution in [0.25, 0.3) is 49.8 Å². The lowest BCUT2D eigenvalue weighted by Gasteiger charge is -2.36. The van der Waals surface area contributed by atoms with E-state index in [0.29, 0.717) is 0 Å². The van der Waals surface area contributed by atoms with Crippen LogP contribution in [0.3, 0.4) is 0 Å². The summed E-state index contributed by atoms with van der Waals surface area (Å²) in [5, 5.41) is 2.25. The Kier molecular flexibility index (Phi) is 7.40. The van der Waals surface area contributed by atoms with Gasteiger partial charge in [-0.2, -0.15) is 0 Å². The Morgan fingerprint density at radius 2 is 0.969 bits per heavy atom. The number of furan rings is 1. The minimum absolute atomic E-state index is 0.385. The molecule has 0 bridgehead atoms. The zero-order valence-electron chi connectivity index (χ0n) is 35.1. The van der Waals surface area contributed by atoms with Crippen molar-refractivity contribution in [1.29, 1.82) is 0 Å². The fourth-order valence-corrected chi connectivity index (χ4v) is 12.6. The average Bonchev–Trinajstić information content (AvgIpc) is 4.08. The largest absolute Gasteiger partial charge is 0.456 e. The van der Waals surface area contributed by atoms with Gasteiger partial charge in [0.1, 0.15) is 11.2 Å². The Morgan fingerprint density at radius 1 is 0.422 bits per heavy atom. The number of hydrogen-bond donors (Lipinski definition) is 0. The molecule has 1 aromatic heterocycles. The van der Waals surface area contributed by atoms with Crippen molar-refractivity contribution in [2.75, 3.05) is 4.90 Å². The van der Waals surface area contributed by atoms with E-state index in [9.17, 15) is 0 Å². The van der Waals surface area contributed by atoms with Gasteiger partial charge in [-0.3, -0.25) is 0 Å². The number of rotatable bonds is 5. The van der Waals surface area contributed by atoms with Crippen LogP contribution >= 0.6 is 0 Å². The van der Waals surface area contributed by atoms with Gasteiger partial charge < -0.3 is 9.32 Å². The average molecular weight is 816 g/mol. The molecule has 14 rings (SSSR count). The van der Waals surface area contributed by atoms with E-state index in [2.05, 4.69) is 229 Å². The van der Waals surface area contributed by atoms with Gasteiger partial charge in [0, 0.05) is 28.1 Å². The van der Waals surface area contributed by atoms with E-state index in [1.165, 1.54) is 77.9 Å². The lowest BCUT2D eigenvalue weighted by molar-refractivity contribution is 0.667. The highest BCUT2D eigenvalue weighted by Gasteiger charge is 2.54. The Morgan fingerprint density at radius 3 is 1.62 bits per heavy atom. The fraction of sp³-hybridized carbons (Fsp3) is 0.0645. The number of allylic oxidation sites excluding steroid dienone is 4. The summed E-state index contributed by atoms with van der Waals surface area (Å²) in [6, 6.07) is 78.9. The smallest absolute Gasteiger partial charge is 0.137 e. The van der Waals surface area contributed by atoms with Crippen LogP contribution in [0.2, 0.25) is 0 Å². The Labute approximate surface area is 372 Å². The topological polar surface area (TPSA) is 16.4 Å². The molecule has 2 nitrogen and oxygen atoms in total. The second-order valence-electron chi connectivity index (χ2n) is 17.7. The molecule has 0 N–H and O–H groups in total. The first kappa shape index (κ1) is 35.6. The second-order valence-corrected chi connectivity index (χ2v) is 17.7. The molecular formula is C62H41NO. The summed E-state index contributed by atoms with van der Waals surface area (Å²) in [4.78, 5) is 2.51. The molecule has 2 heteroatoms. The van der Waals surface area contributed by atoms with Crippen molar-refractivity contribution in [3.8, 4) is 22.3 Å². The summed E-state index contributed by atoms with van der Waals surface area (Å²) in [7, 11) is 0. The highest BCUT2D eigenvalue weighted by Crippen LogP contribution is 2.66. The predicted octanol–water partition coefficient (Wildman–Crippen LogP) is 15.9. The number of benzene rings is 9. The Bertz CT molecular complexity index is 3530. The maximum atomic E-state index is 7.06. The van der Waals surface area contributed by atoms with Gasteiger partial charge in [0.25, 0.3) is 0 Å². The molecule has 64 heavy (non-hydrogen) atoms. The summed E-state index contributed by atoms with van der Waals surface area (Å²) in [5.74, 6) is 0. The molecule has 0 unspecified atom stereocenters. The van der Waals surface area contributed by atoms with E-state index in [0.717, 1.165) is 51.8 Å². The maximum absolute atomic E-state index is 7.06. The van der Waals surface area contributed by atoms with Crippen molar-refractivity contribution in [3.05, 3.63) is 275 Å². The number of hydrogen-bond acceptors (Lipinski definition) is 2. The van der Waals surface area contributed by atoms with Gasteiger partial charge in [-0.1, -0.05) is 188 Å². The van der Waals surface area contributed by atoms with Crippen molar-refractivity contribution >= 4 is 44.6 Å². The van der Waals surface area contributed by atoms with Crippen molar-refractivity contribution in [1.82, 2.24) is 0 Å². The van der Waals surface area contributed by atoms with Gasteiger partial charge >= 0.3 is 0 Å². The first-order valence-corrected chi connectivity index (χ1v) is 22.6. The maximum Gasteiger partial charge on any atom is 0.137 e. The highest BCUT2D eigenvalue weighted by molar-refractivity contribution is 6.11. The normalized spacial score (nSPS) is 15.5. The first-order valence-electron chi connectivity index (χ1n) is 22.6. The van der Waals surface area contributed by atoms with Crippen LogP contribution < -0.4 is 4.90 Å². The Hall–Kier alpha value is -7.94. The summed E-state index contributed by atoms with van der Waals surface area (Å²) in [6.45, 7) is 0. The number of nitrogens with zero attached hydrogens (tertiary/aromatic N) is 1. The molecule has 0 amide bonds. The van der Waals surface area contributed by atoms with E-state index in [1.807, 2.05) is 0 Å². The van der Waals surface area contributed by atoms with Crippen LogP contribution in [-0.2, 0) is 10.8 Å². The second kappa shape index (κ2) is 13.3. The van der Waals surface area contributed by atoms with E-state index in [1.54, 1.807) is 0 Å². The third-order valence-corrected chi connectivity index (χ3v) is 14.8. The molecule has 0 atom stereocenters. The van der Waals surface area contributed by atoms with Crippen molar-refractivity contribution in [3.63, 3.8) is 0 Å². The van der Waals surface area contributed by atoms with Gasteiger partial charge in [-0.15, -0.1) is 0 Å². The van der Waals surface area contributed by atoms with Crippen molar-refractivity contribution < 1.29 is 4.42 Å². The molecular weight excluding hydrogens is 775 g/mol. The highest BCUT2D eigenvalue weighted by atomic mass is 16.3. The molecule has 1 spiro atoms. The van der Waals surface area contributed by atoms with Crippen LogP contribution in [0.1, 0.15) is 57.3 Å². The SMILES string of the molecule is C1=CC2=C(CC1)C1(c3ccccc3-c3ccccc31)c1cccc(N(c3ccccc3)c3cc(C4(c5ccccc5)c5ccccc5-c5ccccc54)c4c(c3)oc3ccccc34)c12. The third kappa shape index (κ3) is 4.49. The van der Waals surface area contributed by atoms with Crippen LogP contribution in [0, 0.1) is 0 Å². The van der Waals surface area contributed by atoms with Crippen LogP contribution in [0.15, 0.2) is 234 Å². The van der Waals surface area contributed by atoms with E-state index in [4.69, 9.17) is 4.42 Å². The molecule has 4 aliphatic rings. The monoisotopic (exact) mass is 815 g/mol. The van der Waals surface area contributed by atoms with Crippen molar-refractivity contribution in [2.45, 2.75) is 23.7 Å². The standard InChI is InChI=1S/C62H41NO/c1-3-20-40(21-4-1)61(49-30-13-7-24-43(49)44-25-8-14-31-50(44)61)55-38-42(39-58-60(55)48-29-12-18-37-57(48)64-58)63(41-22-5-2-6-23-41)56-36-19-35-54-59(56)47-28-11-17-34-53(47)62(54)51-32-15-9-26-45(51)46-27-10-16-33-52(46)62/h1-16,18-33,35-39H,17,34H2. The third-order valence-electron chi connectivity index (χ3n) is 14.8. The molecule has 1 heterocycles. The van der Waals surface area contributed by atoms with Gasteiger partial charge in [0.05, 0.1) is 22.2 Å². The van der Waals surface area contributed by atoms with Crippen LogP contribution in [0.5, 0.6) is 0 Å². The van der Waals surface area contributed by atoms with E-state index in [-0.39, 0.29) is 5.41 Å². The molecule has 0 saturated heterocycles. The quantitative estimate of drug-likeness (QED) is 0.172. The number of fused-ring (bicyclic) bond motifs is 15. The molecule has 4 aliphatic carbocycles. The molecule has 0 radical (unpaired) electrons. The predicted molar refractivity (Wildman–Crippen MR) is 263 cm³/mol. The zero-order chi connectivity index (χ0) is 42.0. The van der Waals surface area contributed by atoms with Crippen molar-refractivity contribution in [2.24, 2.45) is 0 Å². The summed E-state index contributed by atoms with van der Waals surface area (Å²) in [5.41, 5.74) is 22.4. The van der Waals surface area contributed by atoms with E-state index < -0.39 is 5.41 Å². The molecule has 9 aromatic carbocycles. The van der Waals surface area contributed by atoms with Gasteiger partial charge in [0.2, 0.25) is 0 Å². The zero-order valence-corrected chi connectivity index (χ0v) is 35.1. The fourth-order valence-electron chi connectivity index (χ4n) is 12.6.